The first-order chi connectivity index (χ1) is 23.5. The van der Waals surface area contributed by atoms with Crippen molar-refractivity contribution < 1.29 is 8.42 Å². The van der Waals surface area contributed by atoms with Crippen molar-refractivity contribution >= 4 is 26.9 Å². The molecule has 0 saturated carbocycles. The lowest BCUT2D eigenvalue weighted by molar-refractivity contribution is 0.596. The molecule has 6 aromatic carbocycles. The summed E-state index contributed by atoms with van der Waals surface area (Å²) in [5.41, 5.74) is 5.20. The second kappa shape index (κ2) is 13.1. The Labute approximate surface area is 279 Å². The first-order valence-corrected chi connectivity index (χ1v) is 16.7. The van der Waals surface area contributed by atoms with E-state index in [4.69, 9.17) is 15.0 Å². The van der Waals surface area contributed by atoms with Crippen LogP contribution in [0.3, 0.4) is 0 Å². The highest BCUT2D eigenvalue weighted by atomic mass is 32.2. The molecule has 48 heavy (non-hydrogen) atoms. The van der Waals surface area contributed by atoms with Crippen LogP contribution in [-0.2, 0) is 9.84 Å². The maximum absolute atomic E-state index is 13.4. The van der Waals surface area contributed by atoms with E-state index in [1.807, 2.05) is 102 Å². The third kappa shape index (κ3) is 6.06. The van der Waals surface area contributed by atoms with Gasteiger partial charge in [-0.3, -0.25) is 0 Å². The zero-order chi connectivity index (χ0) is 32.9. The first kappa shape index (κ1) is 30.2. The molecule has 0 fully saturated rings. The molecule has 7 rings (SSSR count). The molecule has 0 N–H and O–H groups in total. The topological polar surface area (TPSA) is 99.8 Å². The Morgan fingerprint density at radius 1 is 0.479 bits per heavy atom. The van der Waals surface area contributed by atoms with Gasteiger partial charge in [-0.1, -0.05) is 91.0 Å². The molecule has 0 amide bonds. The zero-order valence-electron chi connectivity index (χ0n) is 25.5. The zero-order valence-corrected chi connectivity index (χ0v) is 26.4. The standard InChI is InChI=1S/C40H27N5O2S/c41-28-29-20-22-32(23-21-29)45(33-24-26-35(27-25-33)48(46,47)34-16-8-3-9-17-34)37-19-11-10-18-36(37)40-43-38(30-12-4-1-5-13-30)42-39(44-40)31-14-6-2-7-15-31/h1-27H. The third-order valence-electron chi connectivity index (χ3n) is 7.80. The molecule has 0 spiro atoms. The number of sulfone groups is 1. The number of hydrogen-bond acceptors (Lipinski definition) is 7. The highest BCUT2D eigenvalue weighted by Crippen LogP contribution is 2.41. The van der Waals surface area contributed by atoms with E-state index in [1.165, 1.54) is 0 Å². The van der Waals surface area contributed by atoms with Crippen LogP contribution in [0.25, 0.3) is 34.2 Å². The van der Waals surface area contributed by atoms with Crippen LogP contribution in [0.2, 0.25) is 0 Å². The van der Waals surface area contributed by atoms with Gasteiger partial charge < -0.3 is 4.90 Å². The molecule has 7 aromatic rings. The molecule has 0 radical (unpaired) electrons. The highest BCUT2D eigenvalue weighted by Gasteiger charge is 2.22. The van der Waals surface area contributed by atoms with Crippen LogP contribution < -0.4 is 4.90 Å². The molecule has 7 nitrogen and oxygen atoms in total. The van der Waals surface area contributed by atoms with Crippen LogP contribution >= 0.6 is 0 Å². The molecule has 0 atom stereocenters. The minimum absolute atomic E-state index is 0.183. The second-order valence-electron chi connectivity index (χ2n) is 10.9. The van der Waals surface area contributed by atoms with Crippen LogP contribution in [0.1, 0.15) is 5.56 Å². The van der Waals surface area contributed by atoms with E-state index in [2.05, 4.69) is 6.07 Å². The van der Waals surface area contributed by atoms with E-state index in [9.17, 15) is 13.7 Å². The molecular formula is C40H27N5O2S. The summed E-state index contributed by atoms with van der Waals surface area (Å²) in [6.45, 7) is 0. The third-order valence-corrected chi connectivity index (χ3v) is 9.58. The van der Waals surface area contributed by atoms with Crippen molar-refractivity contribution in [2.75, 3.05) is 4.90 Å². The first-order valence-electron chi connectivity index (χ1n) is 15.2. The Balaban J connectivity index is 1.40. The van der Waals surface area contributed by atoms with Crippen LogP contribution in [0.5, 0.6) is 0 Å². The Morgan fingerprint density at radius 3 is 1.46 bits per heavy atom. The quantitative estimate of drug-likeness (QED) is 0.163. The number of para-hydroxylation sites is 1. The van der Waals surface area contributed by atoms with Gasteiger partial charge in [0.15, 0.2) is 17.5 Å². The molecule has 0 aliphatic heterocycles. The summed E-state index contributed by atoms with van der Waals surface area (Å²) in [4.78, 5) is 17.2. The normalized spacial score (nSPS) is 11.1. The average Bonchev–Trinajstić information content (AvgIpc) is 3.16. The molecule has 0 bridgehead atoms. The summed E-state index contributed by atoms with van der Waals surface area (Å²) in [6, 6.07) is 51.9. The van der Waals surface area contributed by atoms with Crippen LogP contribution in [0.15, 0.2) is 174 Å². The Hall–Kier alpha value is -6.43. The number of hydrogen-bond donors (Lipinski definition) is 0. The minimum Gasteiger partial charge on any atom is -0.310 e. The lowest BCUT2D eigenvalue weighted by Gasteiger charge is -2.27. The fraction of sp³-hybridized carbons (Fsp3) is 0. The Morgan fingerprint density at radius 2 is 0.917 bits per heavy atom. The predicted octanol–water partition coefficient (Wildman–Crippen LogP) is 9.05. The Bertz CT molecular complexity index is 2290. The van der Waals surface area contributed by atoms with Crippen molar-refractivity contribution in [3.8, 4) is 40.2 Å². The van der Waals surface area contributed by atoms with E-state index in [-0.39, 0.29) is 9.79 Å². The maximum Gasteiger partial charge on any atom is 0.206 e. The fourth-order valence-electron chi connectivity index (χ4n) is 5.41. The van der Waals surface area contributed by atoms with Gasteiger partial charge in [-0.05, 0) is 72.8 Å². The molecular weight excluding hydrogens is 615 g/mol. The molecule has 8 heteroatoms. The predicted molar refractivity (Wildman–Crippen MR) is 187 cm³/mol. The second-order valence-corrected chi connectivity index (χ2v) is 12.8. The SMILES string of the molecule is N#Cc1ccc(N(c2ccc(S(=O)(=O)c3ccccc3)cc2)c2ccccc2-c2nc(-c3ccccc3)nc(-c3ccccc3)n2)cc1. The van der Waals surface area contributed by atoms with Gasteiger partial charge in [0.1, 0.15) is 0 Å². The molecule has 1 heterocycles. The van der Waals surface area contributed by atoms with Crippen molar-refractivity contribution in [3.05, 3.63) is 169 Å². The summed E-state index contributed by atoms with van der Waals surface area (Å²) in [5, 5.41) is 9.49. The minimum atomic E-state index is -3.71. The Kier molecular flexibility index (Phi) is 8.27. The maximum atomic E-state index is 13.4. The summed E-state index contributed by atoms with van der Waals surface area (Å²) in [7, 11) is -3.71. The average molecular weight is 642 g/mol. The molecule has 0 aliphatic carbocycles. The van der Waals surface area contributed by atoms with E-state index >= 15 is 0 Å². The van der Waals surface area contributed by atoms with Gasteiger partial charge >= 0.3 is 0 Å². The fourth-order valence-corrected chi connectivity index (χ4v) is 6.69. The van der Waals surface area contributed by atoms with Crippen molar-refractivity contribution in [2.45, 2.75) is 9.79 Å². The highest BCUT2D eigenvalue weighted by molar-refractivity contribution is 7.91. The van der Waals surface area contributed by atoms with Crippen LogP contribution in [0.4, 0.5) is 17.1 Å². The van der Waals surface area contributed by atoms with Crippen LogP contribution in [-0.4, -0.2) is 23.4 Å². The van der Waals surface area contributed by atoms with Gasteiger partial charge in [0, 0.05) is 28.1 Å². The van der Waals surface area contributed by atoms with Crippen molar-refractivity contribution in [3.63, 3.8) is 0 Å². The lowest BCUT2D eigenvalue weighted by atomic mass is 10.1. The molecule has 0 unspecified atom stereocenters. The number of rotatable bonds is 8. The van der Waals surface area contributed by atoms with E-state index < -0.39 is 9.84 Å². The summed E-state index contributed by atoms with van der Waals surface area (Å²) in [6.07, 6.45) is 0. The number of benzene rings is 6. The van der Waals surface area contributed by atoms with E-state index in [0.29, 0.717) is 28.7 Å². The van der Waals surface area contributed by atoms with Crippen molar-refractivity contribution in [1.29, 1.82) is 5.26 Å². The molecule has 230 valence electrons. The van der Waals surface area contributed by atoms with Gasteiger partial charge in [-0.15, -0.1) is 0 Å². The number of anilines is 3. The number of aromatic nitrogens is 3. The molecule has 0 saturated heterocycles. The van der Waals surface area contributed by atoms with Crippen molar-refractivity contribution in [2.24, 2.45) is 0 Å². The van der Waals surface area contributed by atoms with Gasteiger partial charge in [-0.2, -0.15) is 5.26 Å². The number of nitriles is 1. The monoisotopic (exact) mass is 641 g/mol. The lowest BCUT2D eigenvalue weighted by Crippen LogP contribution is -2.12. The van der Waals surface area contributed by atoms with Crippen molar-refractivity contribution in [1.82, 2.24) is 15.0 Å². The number of nitrogens with zero attached hydrogens (tertiary/aromatic N) is 5. The van der Waals surface area contributed by atoms with Gasteiger partial charge in [-0.25, -0.2) is 23.4 Å². The summed E-state index contributed by atoms with van der Waals surface area (Å²) >= 11 is 0. The largest absolute Gasteiger partial charge is 0.310 e. The molecule has 1 aromatic heterocycles. The van der Waals surface area contributed by atoms with Gasteiger partial charge in [0.05, 0.1) is 27.1 Å². The van der Waals surface area contributed by atoms with Gasteiger partial charge in [0.25, 0.3) is 0 Å². The van der Waals surface area contributed by atoms with E-state index in [1.54, 1.807) is 66.7 Å². The van der Waals surface area contributed by atoms with Gasteiger partial charge in [0.2, 0.25) is 9.84 Å². The van der Waals surface area contributed by atoms with Crippen LogP contribution in [0, 0.1) is 11.3 Å². The van der Waals surface area contributed by atoms with E-state index in [0.717, 1.165) is 28.1 Å². The summed E-state index contributed by atoms with van der Waals surface area (Å²) < 4.78 is 26.8. The summed E-state index contributed by atoms with van der Waals surface area (Å²) in [5.74, 6) is 1.55. The molecule has 0 aliphatic rings. The smallest absolute Gasteiger partial charge is 0.206 e.